The van der Waals surface area contributed by atoms with Crippen LogP contribution < -0.4 is 27.0 Å². The molecule has 4 rings (SSSR count). The molecule has 4 heterocycles. The Bertz CT molecular complexity index is 1040. The minimum atomic E-state index is -0.526. The quantitative estimate of drug-likeness (QED) is 0.471. The van der Waals surface area contributed by atoms with Crippen LogP contribution in [0.25, 0.3) is 0 Å². The summed E-state index contributed by atoms with van der Waals surface area (Å²) in [6, 6.07) is 7.51. The predicted octanol–water partition coefficient (Wildman–Crippen LogP) is 2.02. The van der Waals surface area contributed by atoms with Crippen LogP contribution in [-0.2, 0) is 0 Å². The fraction of sp³-hybridized carbons (Fsp3) is 0.286. The number of primary amides is 1. The third-order valence-corrected chi connectivity index (χ3v) is 5.32. The van der Waals surface area contributed by atoms with Crippen molar-refractivity contribution >= 4 is 34.9 Å². The number of hydrogen-bond acceptors (Lipinski definition) is 9. The van der Waals surface area contributed by atoms with E-state index < -0.39 is 5.91 Å². The van der Waals surface area contributed by atoms with Crippen LogP contribution in [0, 0.1) is 5.92 Å². The number of rotatable bonds is 6. The van der Waals surface area contributed by atoms with Gasteiger partial charge in [-0.05, 0) is 24.5 Å². The van der Waals surface area contributed by atoms with Gasteiger partial charge in [0.05, 0.1) is 23.6 Å². The molecule has 0 spiro atoms. The summed E-state index contributed by atoms with van der Waals surface area (Å²) < 4.78 is 0. The normalized spacial score (nSPS) is 18.4. The van der Waals surface area contributed by atoms with Gasteiger partial charge >= 0.3 is 0 Å². The van der Waals surface area contributed by atoms with Crippen molar-refractivity contribution in [2.45, 2.75) is 19.4 Å². The molecule has 0 unspecified atom stereocenters. The Morgan fingerprint density at radius 2 is 2.00 bits per heavy atom. The smallest absolute Gasteiger partial charge is 0.252 e. The van der Waals surface area contributed by atoms with E-state index in [1.807, 2.05) is 18.2 Å². The Balaban J connectivity index is 1.49. The highest BCUT2D eigenvalue weighted by molar-refractivity contribution is 5.98. The number of carbonyl (C=O) groups is 1. The first-order chi connectivity index (χ1) is 15.0. The predicted molar refractivity (Wildman–Crippen MR) is 120 cm³/mol. The molecule has 1 saturated heterocycles. The lowest BCUT2D eigenvalue weighted by Gasteiger charge is -2.38. The highest BCUT2D eigenvalue weighted by Crippen LogP contribution is 2.27. The van der Waals surface area contributed by atoms with E-state index in [1.165, 1.54) is 6.20 Å². The van der Waals surface area contributed by atoms with E-state index >= 15 is 0 Å². The number of carbonyl (C=O) groups excluding carboxylic acids is 1. The molecule has 3 aromatic rings. The number of pyridine rings is 2. The molecule has 31 heavy (non-hydrogen) atoms. The summed E-state index contributed by atoms with van der Waals surface area (Å²) in [7, 11) is 0. The average Bonchev–Trinajstić information content (AvgIpc) is 2.76. The Kier molecular flexibility index (Phi) is 5.78. The first kappa shape index (κ1) is 20.3. The van der Waals surface area contributed by atoms with E-state index in [0.717, 1.165) is 25.3 Å². The number of nitrogens with two attached hydrogens (primary N) is 2. The van der Waals surface area contributed by atoms with Crippen molar-refractivity contribution in [3.05, 3.63) is 54.6 Å². The molecule has 1 amide bonds. The monoisotopic (exact) mass is 419 g/mol. The van der Waals surface area contributed by atoms with Crippen LogP contribution in [0.2, 0.25) is 0 Å². The molecular formula is C21H25N9O. The summed E-state index contributed by atoms with van der Waals surface area (Å²) in [4.78, 5) is 31.2. The van der Waals surface area contributed by atoms with Crippen molar-refractivity contribution < 1.29 is 4.79 Å². The number of aromatic nitrogens is 4. The number of nitrogens with zero attached hydrogens (tertiary/aromatic N) is 5. The van der Waals surface area contributed by atoms with Gasteiger partial charge in [0.1, 0.15) is 23.3 Å². The molecule has 1 aliphatic rings. The van der Waals surface area contributed by atoms with Gasteiger partial charge in [0.25, 0.3) is 5.91 Å². The van der Waals surface area contributed by atoms with Crippen molar-refractivity contribution in [1.29, 1.82) is 0 Å². The van der Waals surface area contributed by atoms with Crippen molar-refractivity contribution in [3.63, 3.8) is 0 Å². The maximum Gasteiger partial charge on any atom is 0.252 e. The SMILES string of the molecule is C[C@H]1CN(c2cnc(N)cn2)CC[C@H]1Nc1cc(Nc2ccccn2)ncc1C(N)=O. The van der Waals surface area contributed by atoms with Gasteiger partial charge in [-0.1, -0.05) is 13.0 Å². The molecule has 0 radical (unpaired) electrons. The second-order valence-electron chi connectivity index (χ2n) is 7.58. The highest BCUT2D eigenvalue weighted by atomic mass is 16.1. The summed E-state index contributed by atoms with van der Waals surface area (Å²) in [6.07, 6.45) is 7.30. The van der Waals surface area contributed by atoms with Gasteiger partial charge < -0.3 is 27.0 Å². The second-order valence-corrected chi connectivity index (χ2v) is 7.58. The lowest BCUT2D eigenvalue weighted by Crippen LogP contribution is -2.45. The maximum atomic E-state index is 12.0. The molecule has 10 heteroatoms. The third-order valence-electron chi connectivity index (χ3n) is 5.32. The summed E-state index contributed by atoms with van der Waals surface area (Å²) >= 11 is 0. The lowest BCUT2D eigenvalue weighted by atomic mass is 9.93. The van der Waals surface area contributed by atoms with Gasteiger partial charge in [0, 0.05) is 37.6 Å². The zero-order chi connectivity index (χ0) is 21.8. The summed E-state index contributed by atoms with van der Waals surface area (Å²) in [5.41, 5.74) is 12.2. The number of nitrogen functional groups attached to an aromatic ring is 1. The summed E-state index contributed by atoms with van der Waals surface area (Å²) in [6.45, 7) is 3.76. The number of nitrogens with one attached hydrogen (secondary N) is 2. The molecule has 1 fully saturated rings. The van der Waals surface area contributed by atoms with E-state index in [1.54, 1.807) is 24.7 Å². The van der Waals surface area contributed by atoms with Crippen molar-refractivity contribution in [1.82, 2.24) is 19.9 Å². The van der Waals surface area contributed by atoms with Gasteiger partial charge in [0.15, 0.2) is 0 Å². The zero-order valence-corrected chi connectivity index (χ0v) is 17.2. The minimum absolute atomic E-state index is 0.154. The lowest BCUT2D eigenvalue weighted by molar-refractivity contribution is 0.100. The Hall–Kier alpha value is -3.95. The van der Waals surface area contributed by atoms with E-state index in [2.05, 4.69) is 42.4 Å². The molecule has 0 bridgehead atoms. The van der Waals surface area contributed by atoms with E-state index in [9.17, 15) is 4.79 Å². The minimum Gasteiger partial charge on any atom is -0.382 e. The molecule has 0 aliphatic carbocycles. The van der Waals surface area contributed by atoms with Crippen LogP contribution in [-0.4, -0.2) is 45.0 Å². The Morgan fingerprint density at radius 3 is 2.68 bits per heavy atom. The highest BCUT2D eigenvalue weighted by Gasteiger charge is 2.28. The zero-order valence-electron chi connectivity index (χ0n) is 17.2. The number of hydrogen-bond donors (Lipinski definition) is 4. The van der Waals surface area contributed by atoms with Crippen molar-refractivity contribution in [2.24, 2.45) is 11.7 Å². The Labute approximate surface area is 180 Å². The van der Waals surface area contributed by atoms with E-state index in [0.29, 0.717) is 28.7 Å². The average molecular weight is 419 g/mol. The largest absolute Gasteiger partial charge is 0.382 e. The molecule has 160 valence electrons. The van der Waals surface area contributed by atoms with Crippen LogP contribution in [0.4, 0.5) is 29.0 Å². The standard InChI is InChI=1S/C21H25N9O/c1-13-12-30(20-11-25-17(22)10-27-20)7-5-15(13)28-16-8-19(26-9-14(16)21(23)31)29-18-4-2-3-6-24-18/h2-4,6,8-11,13,15H,5,7,12H2,1H3,(H2,22,25)(H2,23,31)(H2,24,26,28,29)/t13-,15+/m0/s1. The summed E-state index contributed by atoms with van der Waals surface area (Å²) in [5.74, 6) is 2.21. The van der Waals surface area contributed by atoms with Gasteiger partial charge in [-0.15, -0.1) is 0 Å². The molecule has 1 aliphatic heterocycles. The van der Waals surface area contributed by atoms with E-state index in [-0.39, 0.29) is 12.0 Å². The van der Waals surface area contributed by atoms with Crippen LogP contribution in [0.3, 0.4) is 0 Å². The fourth-order valence-electron chi connectivity index (χ4n) is 3.67. The molecule has 2 atom stereocenters. The molecule has 6 N–H and O–H groups in total. The summed E-state index contributed by atoms with van der Waals surface area (Å²) in [5, 5.41) is 6.65. The first-order valence-corrected chi connectivity index (χ1v) is 10.1. The van der Waals surface area contributed by atoms with Gasteiger partial charge in [-0.25, -0.2) is 19.9 Å². The Morgan fingerprint density at radius 1 is 1.13 bits per heavy atom. The molecule has 0 aromatic carbocycles. The van der Waals surface area contributed by atoms with Gasteiger partial charge in [-0.3, -0.25) is 4.79 Å². The van der Waals surface area contributed by atoms with Crippen molar-refractivity contribution in [3.8, 4) is 0 Å². The first-order valence-electron chi connectivity index (χ1n) is 10.1. The fourth-order valence-corrected chi connectivity index (χ4v) is 3.67. The van der Waals surface area contributed by atoms with Crippen LogP contribution >= 0.6 is 0 Å². The number of amides is 1. The van der Waals surface area contributed by atoms with Crippen LogP contribution in [0.15, 0.2) is 49.1 Å². The van der Waals surface area contributed by atoms with Gasteiger partial charge in [-0.2, -0.15) is 0 Å². The number of anilines is 5. The topological polar surface area (TPSA) is 148 Å². The van der Waals surface area contributed by atoms with Crippen molar-refractivity contribution in [2.75, 3.05) is 34.4 Å². The van der Waals surface area contributed by atoms with Crippen LogP contribution in [0.1, 0.15) is 23.7 Å². The molecule has 0 saturated carbocycles. The van der Waals surface area contributed by atoms with Crippen LogP contribution in [0.5, 0.6) is 0 Å². The third kappa shape index (κ3) is 4.80. The second kappa shape index (κ2) is 8.82. The maximum absolute atomic E-state index is 12.0. The molecule has 10 nitrogen and oxygen atoms in total. The number of piperidine rings is 1. The van der Waals surface area contributed by atoms with E-state index in [4.69, 9.17) is 11.5 Å². The molecular weight excluding hydrogens is 394 g/mol. The molecule has 3 aromatic heterocycles. The van der Waals surface area contributed by atoms with Gasteiger partial charge in [0.2, 0.25) is 0 Å².